The fraction of sp³-hybridized carbons (Fsp3) is 0.471. The number of esters is 1. The SMILES string of the molecule is CCOC(=O)N1CCN(CC(=O)Nc2cccc(C(=O)OC)c2)CC1. The molecule has 0 saturated carbocycles. The molecule has 8 nitrogen and oxygen atoms in total. The number of methoxy groups -OCH3 is 1. The van der Waals surface area contributed by atoms with E-state index in [4.69, 9.17) is 4.74 Å². The number of hydrogen-bond donors (Lipinski definition) is 1. The van der Waals surface area contributed by atoms with Crippen molar-refractivity contribution in [1.82, 2.24) is 9.80 Å². The number of benzene rings is 1. The lowest BCUT2D eigenvalue weighted by Gasteiger charge is -2.33. The van der Waals surface area contributed by atoms with E-state index in [9.17, 15) is 14.4 Å². The van der Waals surface area contributed by atoms with Gasteiger partial charge in [-0.3, -0.25) is 9.69 Å². The van der Waals surface area contributed by atoms with E-state index >= 15 is 0 Å². The highest BCUT2D eigenvalue weighted by molar-refractivity contribution is 5.95. The minimum Gasteiger partial charge on any atom is -0.465 e. The van der Waals surface area contributed by atoms with Gasteiger partial charge >= 0.3 is 12.1 Å². The highest BCUT2D eigenvalue weighted by atomic mass is 16.6. The highest BCUT2D eigenvalue weighted by Gasteiger charge is 2.23. The molecule has 1 aliphatic rings. The van der Waals surface area contributed by atoms with Gasteiger partial charge in [-0.25, -0.2) is 9.59 Å². The van der Waals surface area contributed by atoms with E-state index < -0.39 is 5.97 Å². The van der Waals surface area contributed by atoms with Crippen molar-refractivity contribution >= 4 is 23.7 Å². The first-order chi connectivity index (χ1) is 12.0. The third kappa shape index (κ3) is 5.46. The molecule has 1 aromatic rings. The Kier molecular flexibility index (Phi) is 6.76. The van der Waals surface area contributed by atoms with E-state index in [2.05, 4.69) is 10.1 Å². The lowest BCUT2D eigenvalue weighted by molar-refractivity contribution is -0.117. The molecule has 0 atom stereocenters. The van der Waals surface area contributed by atoms with Crippen LogP contribution in [0.5, 0.6) is 0 Å². The molecule has 1 saturated heterocycles. The fourth-order valence-corrected chi connectivity index (χ4v) is 2.55. The lowest BCUT2D eigenvalue weighted by Crippen LogP contribution is -2.50. The summed E-state index contributed by atoms with van der Waals surface area (Å²) in [6, 6.07) is 6.58. The lowest BCUT2D eigenvalue weighted by atomic mass is 10.2. The number of nitrogens with one attached hydrogen (secondary N) is 1. The summed E-state index contributed by atoms with van der Waals surface area (Å²) < 4.78 is 9.63. The second-order valence-electron chi connectivity index (χ2n) is 5.58. The molecule has 0 spiro atoms. The maximum Gasteiger partial charge on any atom is 0.409 e. The van der Waals surface area contributed by atoms with E-state index in [1.807, 2.05) is 4.90 Å². The van der Waals surface area contributed by atoms with Crippen molar-refractivity contribution in [1.29, 1.82) is 0 Å². The number of ether oxygens (including phenoxy) is 2. The normalized spacial score (nSPS) is 14.7. The molecular weight excluding hydrogens is 326 g/mol. The summed E-state index contributed by atoms with van der Waals surface area (Å²) in [5, 5.41) is 2.77. The Morgan fingerprint density at radius 2 is 1.88 bits per heavy atom. The van der Waals surface area contributed by atoms with Crippen molar-refractivity contribution in [3.63, 3.8) is 0 Å². The van der Waals surface area contributed by atoms with E-state index in [1.165, 1.54) is 7.11 Å². The van der Waals surface area contributed by atoms with Crippen LogP contribution in [0.1, 0.15) is 17.3 Å². The summed E-state index contributed by atoms with van der Waals surface area (Å²) in [6.07, 6.45) is -0.314. The number of hydrogen-bond acceptors (Lipinski definition) is 6. The number of carbonyl (C=O) groups is 3. The molecule has 0 aromatic heterocycles. The van der Waals surface area contributed by atoms with Crippen molar-refractivity contribution in [3.8, 4) is 0 Å². The Labute approximate surface area is 146 Å². The zero-order chi connectivity index (χ0) is 18.2. The topological polar surface area (TPSA) is 88.2 Å². The van der Waals surface area contributed by atoms with Crippen molar-refractivity contribution in [2.75, 3.05) is 51.8 Å². The van der Waals surface area contributed by atoms with Gasteiger partial charge in [0.1, 0.15) is 0 Å². The number of anilines is 1. The van der Waals surface area contributed by atoms with Crippen LogP contribution in [0.25, 0.3) is 0 Å². The predicted octanol–water partition coefficient (Wildman–Crippen LogP) is 1.19. The minimum absolute atomic E-state index is 0.174. The first-order valence-corrected chi connectivity index (χ1v) is 8.15. The first kappa shape index (κ1) is 18.7. The van der Waals surface area contributed by atoms with Crippen molar-refractivity contribution < 1.29 is 23.9 Å². The number of carbonyl (C=O) groups excluding carboxylic acids is 3. The van der Waals surface area contributed by atoms with Gasteiger partial charge in [-0.05, 0) is 25.1 Å². The number of amides is 2. The maximum atomic E-state index is 12.2. The van der Waals surface area contributed by atoms with Crippen LogP contribution >= 0.6 is 0 Å². The predicted molar refractivity (Wildman–Crippen MR) is 91.4 cm³/mol. The number of nitrogens with zero attached hydrogens (tertiary/aromatic N) is 2. The van der Waals surface area contributed by atoms with E-state index in [1.54, 1.807) is 36.1 Å². The summed E-state index contributed by atoms with van der Waals surface area (Å²) in [4.78, 5) is 38.9. The minimum atomic E-state index is -0.453. The second-order valence-corrected chi connectivity index (χ2v) is 5.58. The summed E-state index contributed by atoms with van der Waals surface area (Å²) in [6.45, 7) is 4.62. The zero-order valence-electron chi connectivity index (χ0n) is 14.5. The Hall–Kier alpha value is -2.61. The van der Waals surface area contributed by atoms with Crippen LogP contribution in [0.4, 0.5) is 10.5 Å². The van der Waals surface area contributed by atoms with Gasteiger partial charge in [0.05, 0.1) is 25.8 Å². The van der Waals surface area contributed by atoms with Crippen molar-refractivity contribution in [3.05, 3.63) is 29.8 Å². The van der Waals surface area contributed by atoms with Crippen LogP contribution in [-0.2, 0) is 14.3 Å². The van der Waals surface area contributed by atoms with Crippen LogP contribution in [0.3, 0.4) is 0 Å². The molecule has 1 heterocycles. The van der Waals surface area contributed by atoms with Gasteiger partial charge in [-0.2, -0.15) is 0 Å². The fourth-order valence-electron chi connectivity index (χ4n) is 2.55. The second kappa shape index (κ2) is 9.03. The van der Waals surface area contributed by atoms with Gasteiger partial charge in [0.15, 0.2) is 0 Å². The van der Waals surface area contributed by atoms with E-state index in [0.717, 1.165) is 0 Å². The molecule has 1 fully saturated rings. The average molecular weight is 349 g/mol. The molecular formula is C17H23N3O5. The van der Waals surface area contributed by atoms with Gasteiger partial charge in [-0.1, -0.05) is 6.07 Å². The first-order valence-electron chi connectivity index (χ1n) is 8.15. The largest absolute Gasteiger partial charge is 0.465 e. The molecule has 0 radical (unpaired) electrons. The Bertz CT molecular complexity index is 626. The Balaban J connectivity index is 1.81. The number of piperazine rings is 1. The summed E-state index contributed by atoms with van der Waals surface area (Å²) >= 11 is 0. The van der Waals surface area contributed by atoms with Crippen LogP contribution in [0.15, 0.2) is 24.3 Å². The molecule has 0 unspecified atom stereocenters. The molecule has 8 heteroatoms. The third-order valence-corrected chi connectivity index (χ3v) is 3.83. The maximum absolute atomic E-state index is 12.2. The molecule has 0 aliphatic carbocycles. The monoisotopic (exact) mass is 349 g/mol. The van der Waals surface area contributed by atoms with Crippen molar-refractivity contribution in [2.45, 2.75) is 6.92 Å². The van der Waals surface area contributed by atoms with Crippen LogP contribution in [0.2, 0.25) is 0 Å². The van der Waals surface area contributed by atoms with Gasteiger partial charge in [0, 0.05) is 31.9 Å². The quantitative estimate of drug-likeness (QED) is 0.803. The Morgan fingerprint density at radius 3 is 2.52 bits per heavy atom. The Morgan fingerprint density at radius 1 is 1.16 bits per heavy atom. The van der Waals surface area contributed by atoms with Gasteiger partial charge < -0.3 is 19.7 Å². The zero-order valence-corrected chi connectivity index (χ0v) is 14.5. The highest BCUT2D eigenvalue weighted by Crippen LogP contribution is 2.12. The molecule has 1 aromatic carbocycles. The molecule has 2 amide bonds. The molecule has 1 aliphatic heterocycles. The molecule has 0 bridgehead atoms. The summed E-state index contributed by atoms with van der Waals surface area (Å²) in [5.74, 6) is -0.627. The molecule has 25 heavy (non-hydrogen) atoms. The van der Waals surface area contributed by atoms with Crippen LogP contribution < -0.4 is 5.32 Å². The van der Waals surface area contributed by atoms with E-state index in [0.29, 0.717) is 44.0 Å². The van der Waals surface area contributed by atoms with Crippen LogP contribution in [-0.4, -0.2) is 74.2 Å². The smallest absolute Gasteiger partial charge is 0.409 e. The molecule has 1 N–H and O–H groups in total. The molecule has 2 rings (SSSR count). The third-order valence-electron chi connectivity index (χ3n) is 3.83. The van der Waals surface area contributed by atoms with Gasteiger partial charge in [0.25, 0.3) is 0 Å². The van der Waals surface area contributed by atoms with Gasteiger partial charge in [-0.15, -0.1) is 0 Å². The average Bonchev–Trinajstić information content (AvgIpc) is 2.62. The summed E-state index contributed by atoms with van der Waals surface area (Å²) in [7, 11) is 1.31. The molecule has 136 valence electrons. The van der Waals surface area contributed by atoms with Crippen molar-refractivity contribution in [2.24, 2.45) is 0 Å². The number of rotatable bonds is 5. The van der Waals surface area contributed by atoms with E-state index in [-0.39, 0.29) is 18.5 Å². The summed E-state index contributed by atoms with van der Waals surface area (Å²) in [5.41, 5.74) is 0.918. The van der Waals surface area contributed by atoms with Gasteiger partial charge in [0.2, 0.25) is 5.91 Å². The standard InChI is InChI=1S/C17H23N3O5/c1-3-25-17(23)20-9-7-19(8-10-20)12-15(21)18-14-6-4-5-13(11-14)16(22)24-2/h4-6,11H,3,7-10,12H2,1-2H3,(H,18,21). The van der Waals surface area contributed by atoms with Crippen LogP contribution in [0, 0.1) is 0 Å².